The number of amides is 2. The van der Waals surface area contributed by atoms with Crippen molar-refractivity contribution < 1.29 is 9.59 Å². The lowest BCUT2D eigenvalue weighted by atomic mass is 10.2. The average Bonchev–Trinajstić information content (AvgIpc) is 3.23. The first-order valence-electron chi connectivity index (χ1n) is 6.96. The van der Waals surface area contributed by atoms with Crippen LogP contribution in [0.25, 0.3) is 0 Å². The zero-order chi connectivity index (χ0) is 14.4. The summed E-state index contributed by atoms with van der Waals surface area (Å²) in [6.07, 6.45) is 5.61. The van der Waals surface area contributed by atoms with E-state index in [1.165, 1.54) is 6.20 Å². The fourth-order valence-corrected chi connectivity index (χ4v) is 1.83. The monoisotopic (exact) mass is 276 g/mol. The van der Waals surface area contributed by atoms with Gasteiger partial charge in [-0.1, -0.05) is 0 Å². The Kier molecular flexibility index (Phi) is 4.92. The summed E-state index contributed by atoms with van der Waals surface area (Å²) in [7, 11) is 0. The van der Waals surface area contributed by atoms with E-state index >= 15 is 0 Å². The van der Waals surface area contributed by atoms with Gasteiger partial charge in [0.2, 0.25) is 5.91 Å². The minimum Gasteiger partial charge on any atom is -0.385 e. The van der Waals surface area contributed by atoms with Gasteiger partial charge in [0.1, 0.15) is 0 Å². The first kappa shape index (κ1) is 14.3. The van der Waals surface area contributed by atoms with Crippen LogP contribution in [0.1, 0.15) is 36.5 Å². The molecule has 0 aliphatic heterocycles. The number of pyridine rings is 1. The highest BCUT2D eigenvalue weighted by molar-refractivity contribution is 5.99. The molecule has 1 aliphatic rings. The molecule has 1 saturated carbocycles. The summed E-state index contributed by atoms with van der Waals surface area (Å²) in [5.74, 6) is -0.223. The summed E-state index contributed by atoms with van der Waals surface area (Å²) >= 11 is 0. The zero-order valence-electron chi connectivity index (χ0n) is 11.6. The van der Waals surface area contributed by atoms with Crippen LogP contribution in [0, 0.1) is 0 Å². The normalized spacial score (nSPS) is 13.7. The van der Waals surface area contributed by atoms with Crippen molar-refractivity contribution in [1.29, 1.82) is 0 Å². The fourth-order valence-electron chi connectivity index (χ4n) is 1.83. The third-order valence-corrected chi connectivity index (χ3v) is 3.01. The molecule has 1 aromatic heterocycles. The molecule has 20 heavy (non-hydrogen) atoms. The van der Waals surface area contributed by atoms with Crippen molar-refractivity contribution in [3.8, 4) is 0 Å². The Morgan fingerprint density at radius 1 is 1.40 bits per heavy atom. The van der Waals surface area contributed by atoms with Gasteiger partial charge in [-0.15, -0.1) is 0 Å². The van der Waals surface area contributed by atoms with Crippen LogP contribution in [0.4, 0.5) is 5.69 Å². The number of nitrogens with one attached hydrogen (secondary N) is 3. The van der Waals surface area contributed by atoms with Crippen molar-refractivity contribution in [2.75, 3.05) is 18.4 Å². The molecule has 108 valence electrons. The van der Waals surface area contributed by atoms with E-state index in [0.717, 1.165) is 25.1 Å². The number of nitrogens with zero attached hydrogens (tertiary/aromatic N) is 1. The molecule has 0 aromatic carbocycles. The predicted molar refractivity (Wildman–Crippen MR) is 76.5 cm³/mol. The van der Waals surface area contributed by atoms with Crippen LogP contribution in [0.5, 0.6) is 0 Å². The van der Waals surface area contributed by atoms with E-state index < -0.39 is 0 Å². The van der Waals surface area contributed by atoms with Crippen molar-refractivity contribution in [2.24, 2.45) is 0 Å². The summed E-state index contributed by atoms with van der Waals surface area (Å²) in [5.41, 5.74) is 1.25. The number of hydrogen-bond acceptors (Lipinski definition) is 4. The lowest BCUT2D eigenvalue weighted by Crippen LogP contribution is -2.32. The number of rotatable bonds is 7. The molecule has 0 bridgehead atoms. The molecule has 3 N–H and O–H groups in total. The SMILES string of the molecule is CCNc1ccncc1C(=O)NCCC(=O)NC1CC1. The van der Waals surface area contributed by atoms with E-state index in [-0.39, 0.29) is 11.8 Å². The van der Waals surface area contributed by atoms with Crippen LogP contribution in [0.2, 0.25) is 0 Å². The molecule has 1 fully saturated rings. The van der Waals surface area contributed by atoms with E-state index in [4.69, 9.17) is 0 Å². The Hall–Kier alpha value is -2.11. The van der Waals surface area contributed by atoms with E-state index in [9.17, 15) is 9.59 Å². The van der Waals surface area contributed by atoms with Crippen LogP contribution in [0.15, 0.2) is 18.5 Å². The second kappa shape index (κ2) is 6.88. The third kappa shape index (κ3) is 4.22. The van der Waals surface area contributed by atoms with Gasteiger partial charge >= 0.3 is 0 Å². The Balaban J connectivity index is 1.80. The number of anilines is 1. The van der Waals surface area contributed by atoms with E-state index in [2.05, 4.69) is 20.9 Å². The minimum atomic E-state index is -0.215. The van der Waals surface area contributed by atoms with Gasteiger partial charge in [0, 0.05) is 37.9 Å². The van der Waals surface area contributed by atoms with Gasteiger partial charge < -0.3 is 16.0 Å². The summed E-state index contributed by atoms with van der Waals surface area (Å²) in [4.78, 5) is 27.5. The van der Waals surface area contributed by atoms with Crippen molar-refractivity contribution in [3.05, 3.63) is 24.0 Å². The third-order valence-electron chi connectivity index (χ3n) is 3.01. The number of carbonyl (C=O) groups is 2. The maximum atomic E-state index is 12.0. The Labute approximate surface area is 118 Å². The molecule has 0 radical (unpaired) electrons. The second-order valence-electron chi connectivity index (χ2n) is 4.80. The number of aromatic nitrogens is 1. The smallest absolute Gasteiger partial charge is 0.254 e. The van der Waals surface area contributed by atoms with E-state index in [1.807, 2.05) is 6.92 Å². The largest absolute Gasteiger partial charge is 0.385 e. The van der Waals surface area contributed by atoms with E-state index in [0.29, 0.717) is 24.6 Å². The van der Waals surface area contributed by atoms with Crippen molar-refractivity contribution in [3.63, 3.8) is 0 Å². The highest BCUT2D eigenvalue weighted by Crippen LogP contribution is 2.18. The maximum Gasteiger partial charge on any atom is 0.254 e. The molecule has 0 unspecified atom stereocenters. The quantitative estimate of drug-likeness (QED) is 0.691. The maximum absolute atomic E-state index is 12.0. The van der Waals surface area contributed by atoms with Gasteiger partial charge in [-0.3, -0.25) is 14.6 Å². The first-order valence-corrected chi connectivity index (χ1v) is 6.96. The van der Waals surface area contributed by atoms with E-state index in [1.54, 1.807) is 12.3 Å². The highest BCUT2D eigenvalue weighted by atomic mass is 16.2. The van der Waals surface area contributed by atoms with Gasteiger partial charge in [-0.2, -0.15) is 0 Å². The highest BCUT2D eigenvalue weighted by Gasteiger charge is 2.22. The van der Waals surface area contributed by atoms with Gasteiger partial charge in [-0.25, -0.2) is 0 Å². The number of hydrogen-bond donors (Lipinski definition) is 3. The lowest BCUT2D eigenvalue weighted by molar-refractivity contribution is -0.121. The van der Waals surface area contributed by atoms with Gasteiger partial charge in [0.05, 0.1) is 11.3 Å². The molecule has 1 heterocycles. The molecular formula is C14H20N4O2. The second-order valence-corrected chi connectivity index (χ2v) is 4.80. The molecule has 6 heteroatoms. The summed E-state index contributed by atoms with van der Waals surface area (Å²) < 4.78 is 0. The van der Waals surface area contributed by atoms with Gasteiger partial charge in [0.15, 0.2) is 0 Å². The molecule has 0 spiro atoms. The van der Waals surface area contributed by atoms with Gasteiger partial charge in [-0.05, 0) is 25.8 Å². The molecule has 6 nitrogen and oxygen atoms in total. The Morgan fingerprint density at radius 3 is 2.90 bits per heavy atom. The molecule has 2 amide bonds. The Bertz CT molecular complexity index is 486. The van der Waals surface area contributed by atoms with Crippen molar-refractivity contribution >= 4 is 17.5 Å². The van der Waals surface area contributed by atoms with Crippen molar-refractivity contribution in [2.45, 2.75) is 32.2 Å². The van der Waals surface area contributed by atoms with Crippen LogP contribution < -0.4 is 16.0 Å². The average molecular weight is 276 g/mol. The topological polar surface area (TPSA) is 83.1 Å². The molecule has 1 aromatic rings. The van der Waals surface area contributed by atoms with Gasteiger partial charge in [0.25, 0.3) is 5.91 Å². The zero-order valence-corrected chi connectivity index (χ0v) is 11.6. The van der Waals surface area contributed by atoms with Crippen LogP contribution >= 0.6 is 0 Å². The van der Waals surface area contributed by atoms with Crippen LogP contribution in [0.3, 0.4) is 0 Å². The number of carbonyl (C=O) groups excluding carboxylic acids is 2. The fraction of sp³-hybridized carbons (Fsp3) is 0.500. The lowest BCUT2D eigenvalue weighted by Gasteiger charge is -2.10. The predicted octanol–water partition coefficient (Wildman–Crippen LogP) is 0.912. The summed E-state index contributed by atoms with van der Waals surface area (Å²) in [5, 5.41) is 8.74. The molecular weight excluding hydrogens is 256 g/mol. The molecule has 0 atom stereocenters. The summed E-state index contributed by atoms with van der Waals surface area (Å²) in [6.45, 7) is 3.02. The standard InChI is InChI=1S/C14H20N4O2/c1-2-16-12-5-7-15-9-11(12)14(20)17-8-6-13(19)18-10-3-4-10/h5,7,9-10H,2-4,6,8H2,1H3,(H,15,16)(H,17,20)(H,18,19). The van der Waals surface area contributed by atoms with Crippen LogP contribution in [-0.4, -0.2) is 35.9 Å². The Morgan fingerprint density at radius 2 is 2.20 bits per heavy atom. The minimum absolute atomic E-state index is 0.00843. The van der Waals surface area contributed by atoms with Crippen LogP contribution in [-0.2, 0) is 4.79 Å². The first-order chi connectivity index (χ1) is 9.70. The molecule has 2 rings (SSSR count). The molecule has 1 aliphatic carbocycles. The summed E-state index contributed by atoms with van der Waals surface area (Å²) in [6, 6.07) is 2.12. The molecule has 0 saturated heterocycles. The van der Waals surface area contributed by atoms with Crippen molar-refractivity contribution in [1.82, 2.24) is 15.6 Å².